The molecule has 2 aromatic heterocycles. The lowest BCUT2D eigenvalue weighted by Crippen LogP contribution is -2.21. The number of hydrogen-bond acceptors (Lipinski definition) is 5. The van der Waals surface area contributed by atoms with E-state index in [4.69, 9.17) is 4.42 Å². The largest absolute Gasteiger partial charge is 0.463 e. The van der Waals surface area contributed by atoms with E-state index in [9.17, 15) is 4.79 Å². The van der Waals surface area contributed by atoms with Crippen molar-refractivity contribution in [3.8, 4) is 0 Å². The van der Waals surface area contributed by atoms with Crippen molar-refractivity contribution >= 4 is 17.3 Å². The second kappa shape index (κ2) is 5.84. The summed E-state index contributed by atoms with van der Waals surface area (Å²) in [4.78, 5) is 11.4. The molecule has 0 radical (unpaired) electrons. The van der Waals surface area contributed by atoms with Crippen molar-refractivity contribution in [2.45, 2.75) is 13.0 Å². The molecular weight excluding hydrogens is 250 g/mol. The van der Waals surface area contributed by atoms with Crippen LogP contribution in [0.5, 0.6) is 0 Å². The lowest BCUT2D eigenvalue weighted by atomic mass is 10.1. The predicted octanol–water partition coefficient (Wildman–Crippen LogP) is 2.83. The SMILES string of the molecule is CCNC(c1ccsc1)c1ccc(C(=O)OC)o1. The molecule has 0 bridgehead atoms. The molecule has 0 saturated carbocycles. The second-order valence-electron chi connectivity index (χ2n) is 3.74. The van der Waals surface area contributed by atoms with Gasteiger partial charge in [-0.25, -0.2) is 4.79 Å². The van der Waals surface area contributed by atoms with Gasteiger partial charge in [-0.05, 0) is 41.1 Å². The zero-order chi connectivity index (χ0) is 13.0. The summed E-state index contributed by atoms with van der Waals surface area (Å²) in [6, 6.07) is 5.45. The maximum absolute atomic E-state index is 11.4. The van der Waals surface area contributed by atoms with Crippen LogP contribution in [0, 0.1) is 0 Å². The summed E-state index contributed by atoms with van der Waals surface area (Å²) >= 11 is 1.63. The number of furan rings is 1. The molecule has 0 aliphatic heterocycles. The van der Waals surface area contributed by atoms with Crippen LogP contribution in [0.2, 0.25) is 0 Å². The van der Waals surface area contributed by atoms with Crippen molar-refractivity contribution in [2.24, 2.45) is 0 Å². The highest BCUT2D eigenvalue weighted by Gasteiger charge is 2.19. The number of ether oxygens (including phenoxy) is 1. The Labute approximate surface area is 110 Å². The van der Waals surface area contributed by atoms with Crippen LogP contribution in [-0.4, -0.2) is 19.6 Å². The van der Waals surface area contributed by atoms with Gasteiger partial charge in [-0.15, -0.1) is 0 Å². The van der Waals surface area contributed by atoms with Crippen LogP contribution < -0.4 is 5.32 Å². The fourth-order valence-electron chi connectivity index (χ4n) is 1.74. The van der Waals surface area contributed by atoms with Crippen molar-refractivity contribution in [3.63, 3.8) is 0 Å². The Morgan fingerprint density at radius 2 is 2.33 bits per heavy atom. The summed E-state index contributed by atoms with van der Waals surface area (Å²) in [5.74, 6) is 0.489. The summed E-state index contributed by atoms with van der Waals surface area (Å²) in [5.41, 5.74) is 1.13. The molecule has 2 aromatic rings. The number of hydrogen-bond donors (Lipinski definition) is 1. The molecule has 4 nitrogen and oxygen atoms in total. The topological polar surface area (TPSA) is 51.5 Å². The molecule has 0 aromatic carbocycles. The first-order chi connectivity index (χ1) is 8.76. The smallest absolute Gasteiger partial charge is 0.373 e. The molecule has 0 saturated heterocycles. The Bertz CT molecular complexity index is 504. The molecule has 0 aliphatic carbocycles. The van der Waals surface area contributed by atoms with E-state index < -0.39 is 5.97 Å². The van der Waals surface area contributed by atoms with Gasteiger partial charge in [0, 0.05) is 0 Å². The molecule has 0 aliphatic rings. The van der Waals surface area contributed by atoms with Gasteiger partial charge in [0.2, 0.25) is 5.76 Å². The molecule has 18 heavy (non-hydrogen) atoms. The van der Waals surface area contributed by atoms with E-state index in [1.54, 1.807) is 23.5 Å². The summed E-state index contributed by atoms with van der Waals surface area (Å²) < 4.78 is 10.2. The van der Waals surface area contributed by atoms with Gasteiger partial charge in [0.25, 0.3) is 0 Å². The van der Waals surface area contributed by atoms with Gasteiger partial charge >= 0.3 is 5.97 Å². The molecule has 0 fully saturated rings. The molecule has 0 amide bonds. The van der Waals surface area contributed by atoms with E-state index in [0.29, 0.717) is 0 Å². The van der Waals surface area contributed by atoms with Crippen LogP contribution in [-0.2, 0) is 4.74 Å². The molecule has 0 spiro atoms. The van der Waals surface area contributed by atoms with Crippen molar-refractivity contribution in [3.05, 3.63) is 46.0 Å². The van der Waals surface area contributed by atoms with Crippen LogP contribution in [0.4, 0.5) is 0 Å². The van der Waals surface area contributed by atoms with E-state index in [-0.39, 0.29) is 11.8 Å². The average molecular weight is 265 g/mol. The maximum Gasteiger partial charge on any atom is 0.373 e. The van der Waals surface area contributed by atoms with Crippen molar-refractivity contribution in [2.75, 3.05) is 13.7 Å². The van der Waals surface area contributed by atoms with Crippen LogP contribution in [0.25, 0.3) is 0 Å². The van der Waals surface area contributed by atoms with Gasteiger partial charge in [-0.1, -0.05) is 6.92 Å². The number of methoxy groups -OCH3 is 1. The zero-order valence-electron chi connectivity index (χ0n) is 10.3. The highest BCUT2D eigenvalue weighted by Crippen LogP contribution is 2.25. The first-order valence-electron chi connectivity index (χ1n) is 5.69. The van der Waals surface area contributed by atoms with Gasteiger partial charge < -0.3 is 14.5 Å². The molecule has 1 atom stereocenters. The fourth-order valence-corrected chi connectivity index (χ4v) is 2.43. The average Bonchev–Trinajstić information content (AvgIpc) is 3.06. The molecule has 1 unspecified atom stereocenters. The van der Waals surface area contributed by atoms with E-state index in [1.165, 1.54) is 7.11 Å². The molecule has 2 rings (SSSR count). The van der Waals surface area contributed by atoms with Gasteiger partial charge in [-0.2, -0.15) is 11.3 Å². The van der Waals surface area contributed by atoms with Crippen LogP contribution >= 0.6 is 11.3 Å². The standard InChI is InChI=1S/C13H15NO3S/c1-3-14-12(9-6-7-18-8-9)10-4-5-11(17-10)13(15)16-2/h4-8,12,14H,3H2,1-2H3. The Morgan fingerprint density at radius 1 is 1.50 bits per heavy atom. The first kappa shape index (κ1) is 12.9. The zero-order valence-corrected chi connectivity index (χ0v) is 11.1. The number of nitrogens with one attached hydrogen (secondary N) is 1. The van der Waals surface area contributed by atoms with Gasteiger partial charge in [-0.3, -0.25) is 0 Å². The molecule has 96 valence electrons. The highest BCUT2D eigenvalue weighted by molar-refractivity contribution is 7.08. The maximum atomic E-state index is 11.4. The minimum Gasteiger partial charge on any atom is -0.463 e. The van der Waals surface area contributed by atoms with Crippen molar-refractivity contribution in [1.29, 1.82) is 0 Å². The van der Waals surface area contributed by atoms with E-state index in [2.05, 4.69) is 15.4 Å². The van der Waals surface area contributed by atoms with Crippen molar-refractivity contribution < 1.29 is 13.9 Å². The van der Waals surface area contributed by atoms with Gasteiger partial charge in [0.15, 0.2) is 0 Å². The monoisotopic (exact) mass is 265 g/mol. The molecule has 1 N–H and O–H groups in total. The number of esters is 1. The van der Waals surface area contributed by atoms with Gasteiger partial charge in [0.05, 0.1) is 13.2 Å². The quantitative estimate of drug-likeness (QED) is 0.845. The lowest BCUT2D eigenvalue weighted by molar-refractivity contribution is 0.0562. The second-order valence-corrected chi connectivity index (χ2v) is 4.52. The summed E-state index contributed by atoms with van der Waals surface area (Å²) in [6.07, 6.45) is 0. The molecular formula is C13H15NO3S. The minimum absolute atomic E-state index is 0.0281. The number of carbonyl (C=O) groups excluding carboxylic acids is 1. The normalized spacial score (nSPS) is 12.3. The highest BCUT2D eigenvalue weighted by atomic mass is 32.1. The lowest BCUT2D eigenvalue weighted by Gasteiger charge is -2.13. The molecule has 5 heteroatoms. The third kappa shape index (κ3) is 2.63. The fraction of sp³-hybridized carbons (Fsp3) is 0.308. The Kier molecular flexibility index (Phi) is 4.17. The van der Waals surface area contributed by atoms with Crippen LogP contribution in [0.3, 0.4) is 0 Å². The molecule has 2 heterocycles. The third-order valence-corrected chi connectivity index (χ3v) is 3.28. The van der Waals surface area contributed by atoms with Crippen LogP contribution in [0.15, 0.2) is 33.4 Å². The van der Waals surface area contributed by atoms with Crippen molar-refractivity contribution in [1.82, 2.24) is 5.32 Å². The minimum atomic E-state index is -0.457. The third-order valence-electron chi connectivity index (χ3n) is 2.58. The van der Waals surface area contributed by atoms with E-state index >= 15 is 0 Å². The number of thiophene rings is 1. The summed E-state index contributed by atoms with van der Waals surface area (Å²) in [5, 5.41) is 7.41. The number of rotatable bonds is 5. The number of carbonyl (C=O) groups is 1. The van der Waals surface area contributed by atoms with Crippen LogP contribution in [0.1, 0.15) is 34.8 Å². The summed E-state index contributed by atoms with van der Waals surface area (Å²) in [7, 11) is 1.34. The summed E-state index contributed by atoms with van der Waals surface area (Å²) in [6.45, 7) is 2.85. The Morgan fingerprint density at radius 3 is 2.94 bits per heavy atom. The Hall–Kier alpha value is -1.59. The van der Waals surface area contributed by atoms with E-state index in [1.807, 2.05) is 18.4 Å². The van der Waals surface area contributed by atoms with Gasteiger partial charge in [0.1, 0.15) is 5.76 Å². The predicted molar refractivity (Wildman–Crippen MR) is 69.9 cm³/mol. The Balaban J connectivity index is 2.26. The van der Waals surface area contributed by atoms with E-state index in [0.717, 1.165) is 17.9 Å². The first-order valence-corrected chi connectivity index (χ1v) is 6.64.